The van der Waals surface area contributed by atoms with E-state index in [9.17, 15) is 0 Å². The average molecular weight is 474 g/mol. The number of para-hydroxylation sites is 1. The van der Waals surface area contributed by atoms with Gasteiger partial charge in [0.05, 0.1) is 13.2 Å². The van der Waals surface area contributed by atoms with Crippen LogP contribution in [-0.4, -0.2) is 49.2 Å². The zero-order valence-electron chi connectivity index (χ0n) is 16.8. The molecule has 0 spiro atoms. The Bertz CT molecular complexity index is 564. The quantitative estimate of drug-likeness (QED) is 0.361. The van der Waals surface area contributed by atoms with Crippen molar-refractivity contribution in [1.82, 2.24) is 15.5 Å². The maximum absolute atomic E-state index is 5.70. The molecule has 0 radical (unpaired) electrons. The Hall–Kier alpha value is -1.02. The van der Waals surface area contributed by atoms with Gasteiger partial charge < -0.3 is 15.4 Å². The van der Waals surface area contributed by atoms with Crippen molar-refractivity contribution in [2.24, 2.45) is 10.9 Å². The maximum Gasteiger partial charge on any atom is 0.191 e. The van der Waals surface area contributed by atoms with E-state index < -0.39 is 0 Å². The fraction of sp³-hybridized carbons (Fsp3) is 0.650. The minimum absolute atomic E-state index is 0. The van der Waals surface area contributed by atoms with Crippen molar-refractivity contribution in [3.63, 3.8) is 0 Å². The van der Waals surface area contributed by atoms with E-state index in [0.29, 0.717) is 31.2 Å². The van der Waals surface area contributed by atoms with Gasteiger partial charge in [-0.25, -0.2) is 4.99 Å². The number of likely N-dealkylation sites (tertiary alicyclic amines) is 1. The standard InChI is InChI=1S/C20H34N4O.HI/c1-6-21-20(23-18-14-24(15(3)4)13-16(18)5)22-12-17-10-8-9-11-19(17)25-7-2;/h8-11,15-16,18H,6-7,12-14H2,1-5H3,(H2,21,22,23);1H. The minimum Gasteiger partial charge on any atom is -0.494 e. The van der Waals surface area contributed by atoms with Crippen molar-refractivity contribution < 1.29 is 4.74 Å². The van der Waals surface area contributed by atoms with Gasteiger partial charge >= 0.3 is 0 Å². The molecule has 26 heavy (non-hydrogen) atoms. The molecule has 1 heterocycles. The Balaban J connectivity index is 0.00000338. The number of rotatable bonds is 7. The molecule has 2 N–H and O–H groups in total. The normalized spacial score (nSPS) is 20.8. The van der Waals surface area contributed by atoms with Crippen molar-refractivity contribution in [3.8, 4) is 5.75 Å². The Morgan fingerprint density at radius 2 is 2.00 bits per heavy atom. The second kappa shape index (κ2) is 11.6. The Labute approximate surface area is 176 Å². The van der Waals surface area contributed by atoms with Crippen molar-refractivity contribution in [2.45, 2.75) is 53.2 Å². The molecule has 0 bridgehead atoms. The minimum atomic E-state index is 0. The summed E-state index contributed by atoms with van der Waals surface area (Å²) in [5.41, 5.74) is 1.12. The number of hydrogen-bond acceptors (Lipinski definition) is 3. The summed E-state index contributed by atoms with van der Waals surface area (Å²) in [6, 6.07) is 9.15. The number of nitrogens with one attached hydrogen (secondary N) is 2. The van der Waals surface area contributed by atoms with Gasteiger partial charge in [0.15, 0.2) is 5.96 Å². The highest BCUT2D eigenvalue weighted by Crippen LogP contribution is 2.20. The third-order valence-corrected chi connectivity index (χ3v) is 4.72. The van der Waals surface area contributed by atoms with Crippen LogP contribution < -0.4 is 15.4 Å². The summed E-state index contributed by atoms with van der Waals surface area (Å²) in [4.78, 5) is 7.31. The highest BCUT2D eigenvalue weighted by atomic mass is 127. The first kappa shape index (κ1) is 23.0. The molecule has 2 rings (SSSR count). The van der Waals surface area contributed by atoms with Crippen LogP contribution in [0.4, 0.5) is 0 Å². The van der Waals surface area contributed by atoms with Crippen LogP contribution in [0.15, 0.2) is 29.3 Å². The van der Waals surface area contributed by atoms with Gasteiger partial charge in [-0.2, -0.15) is 0 Å². The monoisotopic (exact) mass is 474 g/mol. The van der Waals surface area contributed by atoms with E-state index in [4.69, 9.17) is 9.73 Å². The summed E-state index contributed by atoms with van der Waals surface area (Å²) in [6.07, 6.45) is 0. The van der Waals surface area contributed by atoms with Gasteiger partial charge in [-0.1, -0.05) is 25.1 Å². The lowest BCUT2D eigenvalue weighted by molar-refractivity contribution is 0.265. The van der Waals surface area contributed by atoms with Crippen LogP contribution in [0.3, 0.4) is 0 Å². The van der Waals surface area contributed by atoms with Crippen molar-refractivity contribution in [1.29, 1.82) is 0 Å². The number of guanidine groups is 1. The van der Waals surface area contributed by atoms with E-state index >= 15 is 0 Å². The van der Waals surface area contributed by atoms with E-state index in [1.165, 1.54) is 0 Å². The molecule has 6 heteroatoms. The number of hydrogen-bond donors (Lipinski definition) is 2. The van der Waals surface area contributed by atoms with Crippen LogP contribution in [0.5, 0.6) is 5.75 Å². The number of aliphatic imine (C=N–C) groups is 1. The molecule has 1 aliphatic rings. The first-order valence-corrected chi connectivity index (χ1v) is 9.54. The SMILES string of the molecule is CCNC(=NCc1ccccc1OCC)NC1CN(C(C)C)CC1C.I. The fourth-order valence-electron chi connectivity index (χ4n) is 3.20. The molecule has 0 aromatic heterocycles. The van der Waals surface area contributed by atoms with Gasteiger partial charge in [-0.3, -0.25) is 4.90 Å². The van der Waals surface area contributed by atoms with Gasteiger partial charge in [0.25, 0.3) is 0 Å². The third-order valence-electron chi connectivity index (χ3n) is 4.72. The second-order valence-corrected chi connectivity index (χ2v) is 7.01. The zero-order valence-corrected chi connectivity index (χ0v) is 19.1. The first-order valence-electron chi connectivity index (χ1n) is 9.54. The maximum atomic E-state index is 5.70. The lowest BCUT2D eigenvalue weighted by Gasteiger charge is -2.22. The Morgan fingerprint density at radius 1 is 1.27 bits per heavy atom. The van der Waals surface area contributed by atoms with E-state index in [1.807, 2.05) is 25.1 Å². The third kappa shape index (κ3) is 6.61. The van der Waals surface area contributed by atoms with Crippen LogP contribution in [-0.2, 0) is 6.54 Å². The summed E-state index contributed by atoms with van der Waals surface area (Å²) in [7, 11) is 0. The molecule has 2 unspecified atom stereocenters. The van der Waals surface area contributed by atoms with Crippen molar-refractivity contribution in [2.75, 3.05) is 26.2 Å². The number of ether oxygens (including phenoxy) is 1. The molecule has 5 nitrogen and oxygen atoms in total. The van der Waals surface area contributed by atoms with Gasteiger partial charge in [0.1, 0.15) is 5.75 Å². The van der Waals surface area contributed by atoms with Crippen LogP contribution in [0.2, 0.25) is 0 Å². The highest BCUT2D eigenvalue weighted by molar-refractivity contribution is 14.0. The van der Waals surface area contributed by atoms with Gasteiger partial charge in [0.2, 0.25) is 0 Å². The Kier molecular flexibility index (Phi) is 10.3. The van der Waals surface area contributed by atoms with Crippen LogP contribution in [0.25, 0.3) is 0 Å². The zero-order chi connectivity index (χ0) is 18.2. The number of halogens is 1. The number of nitrogens with zero attached hydrogens (tertiary/aromatic N) is 2. The molecule has 0 amide bonds. The molecule has 1 aromatic carbocycles. The smallest absolute Gasteiger partial charge is 0.191 e. The molecule has 1 saturated heterocycles. The summed E-state index contributed by atoms with van der Waals surface area (Å²) in [6.45, 7) is 15.3. The summed E-state index contributed by atoms with van der Waals surface area (Å²) in [5.74, 6) is 2.42. The molecule has 2 atom stereocenters. The van der Waals surface area contributed by atoms with Crippen LogP contribution in [0, 0.1) is 5.92 Å². The van der Waals surface area contributed by atoms with Gasteiger partial charge in [0, 0.05) is 37.3 Å². The highest BCUT2D eigenvalue weighted by Gasteiger charge is 2.31. The molecule has 0 saturated carbocycles. The Morgan fingerprint density at radius 3 is 2.62 bits per heavy atom. The molecule has 1 aromatic rings. The fourth-order valence-corrected chi connectivity index (χ4v) is 3.20. The summed E-state index contributed by atoms with van der Waals surface area (Å²) >= 11 is 0. The molecule has 1 fully saturated rings. The lowest BCUT2D eigenvalue weighted by Crippen LogP contribution is -2.46. The van der Waals surface area contributed by atoms with E-state index in [0.717, 1.165) is 36.9 Å². The number of benzene rings is 1. The molecular weight excluding hydrogens is 439 g/mol. The van der Waals surface area contributed by atoms with Crippen molar-refractivity contribution in [3.05, 3.63) is 29.8 Å². The predicted molar refractivity (Wildman–Crippen MR) is 121 cm³/mol. The van der Waals surface area contributed by atoms with Crippen molar-refractivity contribution >= 4 is 29.9 Å². The van der Waals surface area contributed by atoms with Gasteiger partial charge in [-0.15, -0.1) is 24.0 Å². The van der Waals surface area contributed by atoms with Crippen LogP contribution >= 0.6 is 24.0 Å². The van der Waals surface area contributed by atoms with E-state index in [2.05, 4.69) is 49.3 Å². The summed E-state index contributed by atoms with van der Waals surface area (Å²) < 4.78 is 5.70. The molecule has 1 aliphatic heterocycles. The average Bonchev–Trinajstić information content (AvgIpc) is 2.95. The molecular formula is C20H35IN4O. The topological polar surface area (TPSA) is 48.9 Å². The molecule has 0 aliphatic carbocycles. The predicted octanol–water partition coefficient (Wildman–Crippen LogP) is 3.49. The van der Waals surface area contributed by atoms with Crippen LogP contribution in [0.1, 0.15) is 40.2 Å². The largest absolute Gasteiger partial charge is 0.494 e. The molecule has 148 valence electrons. The van der Waals surface area contributed by atoms with Gasteiger partial charge in [-0.05, 0) is 39.7 Å². The first-order chi connectivity index (χ1) is 12.0. The second-order valence-electron chi connectivity index (χ2n) is 7.01. The van der Waals surface area contributed by atoms with E-state index in [1.54, 1.807) is 0 Å². The van der Waals surface area contributed by atoms with E-state index in [-0.39, 0.29) is 24.0 Å². The lowest BCUT2D eigenvalue weighted by atomic mass is 10.1. The summed E-state index contributed by atoms with van der Waals surface area (Å²) in [5, 5.41) is 7.00.